The van der Waals surface area contributed by atoms with Gasteiger partial charge in [-0.25, -0.2) is 0 Å². The third kappa shape index (κ3) is 5.50. The van der Waals surface area contributed by atoms with Crippen LogP contribution in [0.5, 0.6) is 17.2 Å². The molecule has 2 amide bonds. The van der Waals surface area contributed by atoms with E-state index in [1.54, 1.807) is 12.3 Å². The highest BCUT2D eigenvalue weighted by Crippen LogP contribution is 2.39. The fraction of sp³-hybridized carbons (Fsp3) is 0.258. The van der Waals surface area contributed by atoms with E-state index in [4.69, 9.17) is 9.47 Å². The Morgan fingerprint density at radius 2 is 1.79 bits per heavy atom. The van der Waals surface area contributed by atoms with Crippen molar-refractivity contribution in [2.75, 3.05) is 19.7 Å². The largest absolute Gasteiger partial charge is 0.494 e. The molecule has 198 valence electrons. The lowest BCUT2D eigenvalue weighted by molar-refractivity contribution is -0.121. The summed E-state index contributed by atoms with van der Waals surface area (Å²) in [6.45, 7) is 1.58. The summed E-state index contributed by atoms with van der Waals surface area (Å²) in [5, 5.41) is 9.77. The van der Waals surface area contributed by atoms with Crippen LogP contribution in [0.1, 0.15) is 51.6 Å². The molecular weight excluding hydrogens is 492 g/mol. The quantitative estimate of drug-likeness (QED) is 0.374. The summed E-state index contributed by atoms with van der Waals surface area (Å²) in [4.78, 5) is 27.7. The Morgan fingerprint density at radius 1 is 0.923 bits per heavy atom. The van der Waals surface area contributed by atoms with Crippen molar-refractivity contribution in [2.45, 2.75) is 31.7 Å². The number of nitrogens with one attached hydrogen (secondary N) is 2. The van der Waals surface area contributed by atoms with Gasteiger partial charge in [0.05, 0.1) is 12.6 Å². The highest BCUT2D eigenvalue weighted by atomic mass is 16.5. The lowest BCUT2D eigenvalue weighted by Crippen LogP contribution is -2.40. The third-order valence-electron chi connectivity index (χ3n) is 7.22. The van der Waals surface area contributed by atoms with Crippen molar-refractivity contribution in [3.63, 3.8) is 0 Å². The van der Waals surface area contributed by atoms with E-state index in [0.717, 1.165) is 39.5 Å². The molecule has 0 saturated carbocycles. The van der Waals surface area contributed by atoms with Crippen LogP contribution in [-0.4, -0.2) is 46.6 Å². The second-order valence-corrected chi connectivity index (χ2v) is 9.85. The van der Waals surface area contributed by atoms with Crippen LogP contribution in [0.15, 0.2) is 79.0 Å². The summed E-state index contributed by atoms with van der Waals surface area (Å²) in [7, 11) is 0. The number of hydrogen-bond donors (Lipinski definition) is 2. The van der Waals surface area contributed by atoms with Gasteiger partial charge in [0, 0.05) is 25.7 Å². The number of rotatable bonds is 1. The molecule has 8 heteroatoms. The van der Waals surface area contributed by atoms with Crippen molar-refractivity contribution in [3.05, 3.63) is 107 Å². The Balaban J connectivity index is 1.37. The summed E-state index contributed by atoms with van der Waals surface area (Å²) < 4.78 is 12.2. The Labute approximate surface area is 226 Å². The van der Waals surface area contributed by atoms with Crippen LogP contribution < -0.4 is 14.8 Å². The van der Waals surface area contributed by atoms with Crippen molar-refractivity contribution < 1.29 is 19.1 Å². The van der Waals surface area contributed by atoms with Crippen LogP contribution in [0.3, 0.4) is 0 Å². The van der Waals surface area contributed by atoms with E-state index < -0.39 is 0 Å². The molecule has 4 aromatic rings. The smallest absolute Gasteiger partial charge is 0.272 e. The van der Waals surface area contributed by atoms with Gasteiger partial charge in [0.2, 0.25) is 5.91 Å². The normalized spacial score (nSPS) is 17.5. The number of carbonyl (C=O) groups is 2. The van der Waals surface area contributed by atoms with Crippen molar-refractivity contribution in [1.82, 2.24) is 20.4 Å². The van der Waals surface area contributed by atoms with Gasteiger partial charge in [0.25, 0.3) is 5.91 Å². The van der Waals surface area contributed by atoms with Crippen molar-refractivity contribution in [1.29, 1.82) is 0 Å². The second kappa shape index (κ2) is 11.0. The maximum atomic E-state index is 13.5. The molecule has 0 fully saturated rings. The molecule has 1 unspecified atom stereocenters. The molecule has 0 radical (unpaired) electrons. The SMILES string of the molecule is O=C1CCc2ccc(cc2)Oc2ccc3c(c2)CCN(C(=O)c2ccn[nH]2)C3c2cccc(c2)OCCCN1. The first kappa shape index (κ1) is 24.7. The molecule has 39 heavy (non-hydrogen) atoms. The number of aromatic amines is 1. The zero-order valence-electron chi connectivity index (χ0n) is 21.6. The number of H-pyrrole nitrogens is 1. The topological polar surface area (TPSA) is 96.5 Å². The van der Waals surface area contributed by atoms with Gasteiger partial charge in [-0.1, -0.05) is 30.3 Å². The highest BCUT2D eigenvalue weighted by molar-refractivity contribution is 5.93. The first-order valence-electron chi connectivity index (χ1n) is 13.3. The van der Waals surface area contributed by atoms with Gasteiger partial charge in [-0.3, -0.25) is 14.7 Å². The fourth-order valence-electron chi connectivity index (χ4n) is 5.25. The average Bonchev–Trinajstić information content (AvgIpc) is 3.51. The molecule has 0 aliphatic carbocycles. The Bertz CT molecular complexity index is 1470. The zero-order valence-corrected chi connectivity index (χ0v) is 21.6. The first-order chi connectivity index (χ1) is 19.1. The van der Waals surface area contributed by atoms with Gasteiger partial charge in [-0.05, 0) is 84.0 Å². The molecule has 8 nitrogen and oxygen atoms in total. The lowest BCUT2D eigenvalue weighted by atomic mass is 9.87. The van der Waals surface area contributed by atoms with Gasteiger partial charge in [0.1, 0.15) is 22.9 Å². The minimum Gasteiger partial charge on any atom is -0.494 e. The van der Waals surface area contributed by atoms with Crippen LogP contribution in [-0.2, 0) is 17.6 Å². The minimum absolute atomic E-state index is 0.0267. The number of benzene rings is 3. The number of aryl methyl sites for hydroxylation is 1. The lowest BCUT2D eigenvalue weighted by Gasteiger charge is -2.37. The number of amides is 2. The van der Waals surface area contributed by atoms with E-state index >= 15 is 0 Å². The second-order valence-electron chi connectivity index (χ2n) is 9.85. The molecule has 0 spiro atoms. The number of nitrogens with zero attached hydrogens (tertiary/aromatic N) is 2. The number of hydrogen-bond acceptors (Lipinski definition) is 5. The van der Waals surface area contributed by atoms with E-state index in [9.17, 15) is 9.59 Å². The number of ether oxygens (including phenoxy) is 2. The Hall–Kier alpha value is -4.59. The molecule has 8 bridgehead atoms. The highest BCUT2D eigenvalue weighted by Gasteiger charge is 2.33. The molecule has 1 atom stereocenters. The summed E-state index contributed by atoms with van der Waals surface area (Å²) in [6.07, 6.45) is 4.10. The summed E-state index contributed by atoms with van der Waals surface area (Å²) >= 11 is 0. The molecule has 8 rings (SSSR count). The van der Waals surface area contributed by atoms with Crippen LogP contribution in [0.25, 0.3) is 0 Å². The molecule has 0 saturated heterocycles. The van der Waals surface area contributed by atoms with Crippen LogP contribution in [0.2, 0.25) is 0 Å². The molecule has 4 aliphatic heterocycles. The standard InChI is InChI=1S/C31H30N4O4/c36-29-12-7-21-5-8-24(9-6-21)39-26-10-11-27-22(19-26)14-17-35(31(37)28-13-16-33-34-28)30(27)23-3-1-4-25(20-23)38-18-2-15-32-29/h1,3-6,8-11,13,16,19-20,30H,2,7,12,14-15,17-18H2,(H,32,36)(H,33,34). The molecule has 5 heterocycles. The predicted molar refractivity (Wildman–Crippen MR) is 146 cm³/mol. The van der Waals surface area contributed by atoms with Crippen molar-refractivity contribution in [2.24, 2.45) is 0 Å². The van der Waals surface area contributed by atoms with E-state index in [1.807, 2.05) is 59.5 Å². The van der Waals surface area contributed by atoms with E-state index in [2.05, 4.69) is 27.6 Å². The van der Waals surface area contributed by atoms with Gasteiger partial charge < -0.3 is 19.7 Å². The summed E-state index contributed by atoms with van der Waals surface area (Å²) in [5.74, 6) is 2.14. The van der Waals surface area contributed by atoms with Crippen LogP contribution in [0.4, 0.5) is 0 Å². The average molecular weight is 523 g/mol. The maximum absolute atomic E-state index is 13.5. The summed E-state index contributed by atoms with van der Waals surface area (Å²) in [6, 6.07) is 23.3. The number of fused-ring (bicyclic) bond motifs is 1. The molecular formula is C31H30N4O4. The molecule has 1 aromatic heterocycles. The number of carbonyl (C=O) groups excluding carboxylic acids is 2. The Kier molecular flexibility index (Phi) is 6.99. The maximum Gasteiger partial charge on any atom is 0.272 e. The summed E-state index contributed by atoms with van der Waals surface area (Å²) in [5.41, 5.74) is 4.71. The third-order valence-corrected chi connectivity index (χ3v) is 7.22. The van der Waals surface area contributed by atoms with Gasteiger partial charge in [-0.2, -0.15) is 5.10 Å². The van der Waals surface area contributed by atoms with E-state index in [0.29, 0.717) is 51.1 Å². The molecule has 3 aromatic carbocycles. The van der Waals surface area contributed by atoms with Crippen LogP contribution >= 0.6 is 0 Å². The van der Waals surface area contributed by atoms with Crippen molar-refractivity contribution in [3.8, 4) is 17.2 Å². The van der Waals surface area contributed by atoms with Gasteiger partial charge in [-0.15, -0.1) is 0 Å². The minimum atomic E-state index is -0.296. The van der Waals surface area contributed by atoms with E-state index in [-0.39, 0.29) is 17.9 Å². The zero-order chi connectivity index (χ0) is 26.6. The predicted octanol–water partition coefficient (Wildman–Crippen LogP) is 4.82. The van der Waals surface area contributed by atoms with Gasteiger partial charge in [0.15, 0.2) is 0 Å². The molecule has 2 N–H and O–H groups in total. The van der Waals surface area contributed by atoms with E-state index in [1.165, 1.54) is 0 Å². The van der Waals surface area contributed by atoms with Gasteiger partial charge >= 0.3 is 0 Å². The Morgan fingerprint density at radius 3 is 2.64 bits per heavy atom. The molecule has 4 aliphatic rings. The number of aromatic nitrogens is 2. The monoisotopic (exact) mass is 522 g/mol. The fourth-order valence-corrected chi connectivity index (χ4v) is 5.25. The van der Waals surface area contributed by atoms with Crippen LogP contribution in [0, 0.1) is 0 Å². The first-order valence-corrected chi connectivity index (χ1v) is 13.3. The van der Waals surface area contributed by atoms with Crippen molar-refractivity contribution >= 4 is 11.8 Å².